The van der Waals surface area contributed by atoms with E-state index in [1.54, 1.807) is 0 Å². The molecule has 0 aliphatic carbocycles. The molecule has 1 aliphatic heterocycles. The van der Waals surface area contributed by atoms with E-state index in [0.717, 1.165) is 24.1 Å². The topological polar surface area (TPSA) is 52.9 Å². The first kappa shape index (κ1) is 11.7. The number of rotatable bonds is 2. The monoisotopic (exact) mass is 228 g/mol. The largest absolute Gasteiger partial charge is 0.326 e. The molecule has 0 saturated heterocycles. The lowest BCUT2D eigenvalue weighted by atomic mass is 9.86. The van der Waals surface area contributed by atoms with Crippen molar-refractivity contribution in [2.75, 3.05) is 5.32 Å². The van der Waals surface area contributed by atoms with Gasteiger partial charge in [0, 0.05) is 12.1 Å². The number of nitriles is 1. The van der Waals surface area contributed by atoms with Gasteiger partial charge < -0.3 is 5.32 Å². The molecule has 1 heterocycles. The SMILES string of the molecule is CC(C)(C#N)Cc1ccc2c(c1)CCC(=O)N2. The first-order chi connectivity index (χ1) is 8.00. The Balaban J connectivity index is 2.23. The van der Waals surface area contributed by atoms with Gasteiger partial charge in [-0.3, -0.25) is 4.79 Å². The minimum Gasteiger partial charge on any atom is -0.326 e. The first-order valence-corrected chi connectivity index (χ1v) is 5.83. The summed E-state index contributed by atoms with van der Waals surface area (Å²) in [5, 5.41) is 11.9. The maximum absolute atomic E-state index is 11.2. The quantitative estimate of drug-likeness (QED) is 0.846. The van der Waals surface area contributed by atoms with Gasteiger partial charge in [-0.2, -0.15) is 5.26 Å². The van der Waals surface area contributed by atoms with E-state index < -0.39 is 0 Å². The normalized spacial score (nSPS) is 14.8. The van der Waals surface area contributed by atoms with Gasteiger partial charge in [0.2, 0.25) is 5.91 Å². The number of amides is 1. The van der Waals surface area contributed by atoms with Gasteiger partial charge in [0.25, 0.3) is 0 Å². The zero-order valence-electron chi connectivity index (χ0n) is 10.2. The van der Waals surface area contributed by atoms with Crippen LogP contribution >= 0.6 is 0 Å². The van der Waals surface area contributed by atoms with Gasteiger partial charge in [-0.1, -0.05) is 12.1 Å². The highest BCUT2D eigenvalue weighted by Gasteiger charge is 2.19. The molecule has 3 nitrogen and oxygen atoms in total. The number of fused-ring (bicyclic) bond motifs is 1. The number of aryl methyl sites for hydroxylation is 1. The molecule has 0 unspecified atom stereocenters. The Labute approximate surface area is 101 Å². The molecule has 1 aromatic rings. The van der Waals surface area contributed by atoms with Gasteiger partial charge in [0.05, 0.1) is 11.5 Å². The first-order valence-electron chi connectivity index (χ1n) is 5.83. The van der Waals surface area contributed by atoms with Gasteiger partial charge in [-0.25, -0.2) is 0 Å². The molecule has 0 aromatic heterocycles. The molecule has 17 heavy (non-hydrogen) atoms. The molecular formula is C14H16N2O. The van der Waals surface area contributed by atoms with E-state index in [-0.39, 0.29) is 11.3 Å². The molecule has 1 amide bonds. The van der Waals surface area contributed by atoms with E-state index in [1.165, 1.54) is 5.56 Å². The van der Waals surface area contributed by atoms with E-state index in [2.05, 4.69) is 17.5 Å². The molecule has 88 valence electrons. The van der Waals surface area contributed by atoms with Crippen LogP contribution in [0.15, 0.2) is 18.2 Å². The fraction of sp³-hybridized carbons (Fsp3) is 0.429. The van der Waals surface area contributed by atoms with Crippen molar-refractivity contribution in [2.24, 2.45) is 5.41 Å². The lowest BCUT2D eigenvalue weighted by Gasteiger charge is -2.20. The smallest absolute Gasteiger partial charge is 0.224 e. The van der Waals surface area contributed by atoms with Crippen molar-refractivity contribution < 1.29 is 4.79 Å². The summed E-state index contributed by atoms with van der Waals surface area (Å²) >= 11 is 0. The average molecular weight is 228 g/mol. The second kappa shape index (κ2) is 4.21. The van der Waals surface area contributed by atoms with Crippen LogP contribution in [0.4, 0.5) is 5.69 Å². The van der Waals surface area contributed by atoms with Crippen molar-refractivity contribution in [1.82, 2.24) is 0 Å². The number of nitrogens with one attached hydrogen (secondary N) is 1. The van der Waals surface area contributed by atoms with Crippen LogP contribution in [0.3, 0.4) is 0 Å². The molecule has 0 saturated carbocycles. The van der Waals surface area contributed by atoms with Crippen molar-refractivity contribution in [1.29, 1.82) is 5.26 Å². The highest BCUT2D eigenvalue weighted by molar-refractivity contribution is 5.93. The molecular weight excluding hydrogens is 212 g/mol. The number of benzene rings is 1. The third kappa shape index (κ3) is 2.65. The molecule has 1 N–H and O–H groups in total. The van der Waals surface area contributed by atoms with Gasteiger partial charge in [-0.05, 0) is 43.9 Å². The van der Waals surface area contributed by atoms with Crippen molar-refractivity contribution >= 4 is 11.6 Å². The van der Waals surface area contributed by atoms with Crippen LogP contribution in [-0.2, 0) is 17.6 Å². The van der Waals surface area contributed by atoms with Crippen LogP contribution in [-0.4, -0.2) is 5.91 Å². The van der Waals surface area contributed by atoms with E-state index >= 15 is 0 Å². The summed E-state index contributed by atoms with van der Waals surface area (Å²) < 4.78 is 0. The summed E-state index contributed by atoms with van der Waals surface area (Å²) in [5.74, 6) is 0.0857. The summed E-state index contributed by atoms with van der Waals surface area (Å²) in [6.07, 6.45) is 2.09. The third-order valence-electron chi connectivity index (χ3n) is 3.01. The van der Waals surface area contributed by atoms with E-state index in [4.69, 9.17) is 5.26 Å². The second-order valence-electron chi connectivity index (χ2n) is 5.21. The summed E-state index contributed by atoms with van der Waals surface area (Å²) in [4.78, 5) is 11.2. The van der Waals surface area contributed by atoms with Crippen molar-refractivity contribution in [3.63, 3.8) is 0 Å². The summed E-state index contributed by atoms with van der Waals surface area (Å²) in [6.45, 7) is 3.88. The molecule has 1 aromatic carbocycles. The molecule has 0 fully saturated rings. The van der Waals surface area contributed by atoms with E-state index in [1.807, 2.05) is 26.0 Å². The maximum atomic E-state index is 11.2. The number of anilines is 1. The van der Waals surface area contributed by atoms with Crippen LogP contribution in [0.1, 0.15) is 31.4 Å². The van der Waals surface area contributed by atoms with Crippen molar-refractivity contribution in [3.8, 4) is 6.07 Å². The molecule has 1 aliphatic rings. The Bertz CT molecular complexity index is 497. The second-order valence-corrected chi connectivity index (χ2v) is 5.21. The Morgan fingerprint density at radius 3 is 2.88 bits per heavy atom. The van der Waals surface area contributed by atoms with Gasteiger partial charge in [0.15, 0.2) is 0 Å². The van der Waals surface area contributed by atoms with E-state index in [9.17, 15) is 4.79 Å². The van der Waals surface area contributed by atoms with Gasteiger partial charge in [0.1, 0.15) is 0 Å². The Hall–Kier alpha value is -1.82. The Morgan fingerprint density at radius 2 is 2.18 bits per heavy atom. The van der Waals surface area contributed by atoms with Gasteiger partial charge in [-0.15, -0.1) is 0 Å². The Kier molecular flexibility index (Phi) is 2.89. The number of hydrogen-bond acceptors (Lipinski definition) is 2. The van der Waals surface area contributed by atoms with Crippen LogP contribution in [0, 0.1) is 16.7 Å². The predicted octanol–water partition coefficient (Wildman–Crippen LogP) is 2.66. The minimum atomic E-state index is -0.341. The molecule has 0 atom stereocenters. The van der Waals surface area contributed by atoms with E-state index in [0.29, 0.717) is 6.42 Å². The number of carbonyl (C=O) groups excluding carboxylic acids is 1. The lowest BCUT2D eigenvalue weighted by Crippen LogP contribution is -2.19. The predicted molar refractivity (Wildman–Crippen MR) is 66.5 cm³/mol. The van der Waals surface area contributed by atoms with Gasteiger partial charge >= 0.3 is 0 Å². The fourth-order valence-electron chi connectivity index (χ4n) is 2.10. The highest BCUT2D eigenvalue weighted by Crippen LogP contribution is 2.27. The fourth-order valence-corrected chi connectivity index (χ4v) is 2.10. The standard InChI is InChI=1S/C14H16N2O/c1-14(2,9-15)8-10-3-5-12-11(7-10)4-6-13(17)16-12/h3,5,7H,4,6,8H2,1-2H3,(H,16,17). The number of carbonyl (C=O) groups is 1. The highest BCUT2D eigenvalue weighted by atomic mass is 16.1. The van der Waals surface area contributed by atoms with Crippen LogP contribution in [0.2, 0.25) is 0 Å². The molecule has 3 heteroatoms. The Morgan fingerprint density at radius 1 is 1.41 bits per heavy atom. The third-order valence-corrected chi connectivity index (χ3v) is 3.01. The zero-order chi connectivity index (χ0) is 12.5. The molecule has 2 rings (SSSR count). The van der Waals surface area contributed by atoms with Crippen molar-refractivity contribution in [3.05, 3.63) is 29.3 Å². The average Bonchev–Trinajstić information content (AvgIpc) is 2.29. The summed E-state index contributed by atoms with van der Waals surface area (Å²) in [6, 6.07) is 8.34. The number of hydrogen-bond donors (Lipinski definition) is 1. The maximum Gasteiger partial charge on any atom is 0.224 e. The summed E-state index contributed by atoms with van der Waals surface area (Å²) in [5.41, 5.74) is 2.91. The minimum absolute atomic E-state index is 0.0857. The summed E-state index contributed by atoms with van der Waals surface area (Å²) in [7, 11) is 0. The van der Waals surface area contributed by atoms with Crippen LogP contribution in [0.5, 0.6) is 0 Å². The lowest BCUT2D eigenvalue weighted by molar-refractivity contribution is -0.116. The van der Waals surface area contributed by atoms with Crippen LogP contribution < -0.4 is 5.32 Å². The molecule has 0 radical (unpaired) electrons. The van der Waals surface area contributed by atoms with Crippen LogP contribution in [0.25, 0.3) is 0 Å². The number of nitrogens with zero attached hydrogens (tertiary/aromatic N) is 1. The van der Waals surface area contributed by atoms with Crippen molar-refractivity contribution in [2.45, 2.75) is 33.1 Å². The molecule has 0 bridgehead atoms. The molecule has 0 spiro atoms. The zero-order valence-corrected chi connectivity index (χ0v) is 10.2.